The van der Waals surface area contributed by atoms with Crippen LogP contribution in [0.25, 0.3) is 0 Å². The molecule has 0 aliphatic heterocycles. The highest BCUT2D eigenvalue weighted by Crippen LogP contribution is 2.23. The highest BCUT2D eigenvalue weighted by molar-refractivity contribution is 5.91. The predicted octanol–water partition coefficient (Wildman–Crippen LogP) is 2.85. The van der Waals surface area contributed by atoms with Gasteiger partial charge in [-0.1, -0.05) is 6.07 Å². The van der Waals surface area contributed by atoms with Gasteiger partial charge in [0.1, 0.15) is 5.76 Å². The van der Waals surface area contributed by atoms with Crippen LogP contribution in [0.5, 0.6) is 0 Å². The van der Waals surface area contributed by atoms with E-state index in [1.807, 2.05) is 0 Å². The van der Waals surface area contributed by atoms with Crippen LogP contribution in [0.15, 0.2) is 34.7 Å². The summed E-state index contributed by atoms with van der Waals surface area (Å²) in [7, 11) is 1.57. The Hall–Kier alpha value is -2.21. The Balaban J connectivity index is 2.19. The first-order valence-corrected chi connectivity index (χ1v) is 6.45. The number of furan rings is 1. The van der Waals surface area contributed by atoms with Crippen LogP contribution in [0.4, 0.5) is 8.78 Å². The number of carbonyl (C=O) groups excluding carboxylic acids is 1. The number of amides is 1. The average molecular weight is 294 g/mol. The van der Waals surface area contributed by atoms with E-state index in [0.717, 1.165) is 12.1 Å². The molecule has 0 saturated carbocycles. The lowest BCUT2D eigenvalue weighted by molar-refractivity contribution is 0.0708. The summed E-state index contributed by atoms with van der Waals surface area (Å²) in [5.41, 5.74) is 5.92. The molecular formula is C15H16F2N2O2. The zero-order valence-corrected chi connectivity index (χ0v) is 11.8. The first kappa shape index (κ1) is 15.2. The fraction of sp³-hybridized carbons (Fsp3) is 0.267. The molecule has 1 heterocycles. The van der Waals surface area contributed by atoms with Gasteiger partial charge >= 0.3 is 0 Å². The molecule has 0 spiro atoms. The van der Waals surface area contributed by atoms with Gasteiger partial charge in [-0.2, -0.15) is 0 Å². The van der Waals surface area contributed by atoms with E-state index < -0.39 is 17.7 Å². The quantitative estimate of drug-likeness (QED) is 0.943. The largest absolute Gasteiger partial charge is 0.455 e. The maximum absolute atomic E-state index is 13.3. The van der Waals surface area contributed by atoms with Crippen LogP contribution in [-0.2, 0) is 6.54 Å². The summed E-state index contributed by atoms with van der Waals surface area (Å²) in [4.78, 5) is 13.7. The molecule has 1 atom stereocenters. The maximum atomic E-state index is 13.3. The first-order valence-electron chi connectivity index (χ1n) is 6.45. The minimum absolute atomic E-state index is 0.160. The lowest BCUT2D eigenvalue weighted by Crippen LogP contribution is -2.29. The fourth-order valence-electron chi connectivity index (χ4n) is 1.95. The van der Waals surface area contributed by atoms with E-state index in [9.17, 15) is 13.6 Å². The summed E-state index contributed by atoms with van der Waals surface area (Å²) in [6.07, 6.45) is 0. The molecule has 2 N–H and O–H groups in total. The van der Waals surface area contributed by atoms with Gasteiger partial charge in [0.15, 0.2) is 17.4 Å². The third-order valence-electron chi connectivity index (χ3n) is 3.40. The van der Waals surface area contributed by atoms with Crippen molar-refractivity contribution < 1.29 is 18.0 Å². The standard InChI is InChI=1S/C15H16F2N2O2/c1-9(10-3-5-12(16)13(17)7-10)19(2)15(20)14-6-4-11(8-18)21-14/h3-7,9H,8,18H2,1-2H3. The van der Waals surface area contributed by atoms with Crippen molar-refractivity contribution in [2.24, 2.45) is 5.73 Å². The molecule has 0 aliphatic carbocycles. The number of nitrogens with zero attached hydrogens (tertiary/aromatic N) is 1. The molecule has 0 bridgehead atoms. The van der Waals surface area contributed by atoms with Gasteiger partial charge in [-0.15, -0.1) is 0 Å². The van der Waals surface area contributed by atoms with E-state index in [4.69, 9.17) is 10.2 Å². The van der Waals surface area contributed by atoms with Crippen LogP contribution < -0.4 is 5.73 Å². The van der Waals surface area contributed by atoms with Crippen molar-refractivity contribution in [1.29, 1.82) is 0 Å². The second-order valence-corrected chi connectivity index (χ2v) is 4.74. The van der Waals surface area contributed by atoms with Gasteiger partial charge in [0, 0.05) is 7.05 Å². The van der Waals surface area contributed by atoms with Crippen molar-refractivity contribution in [1.82, 2.24) is 4.90 Å². The minimum atomic E-state index is -0.941. The summed E-state index contributed by atoms with van der Waals surface area (Å²) >= 11 is 0. The van der Waals surface area contributed by atoms with Gasteiger partial charge in [-0.05, 0) is 36.8 Å². The molecule has 2 rings (SSSR count). The van der Waals surface area contributed by atoms with Crippen molar-refractivity contribution in [3.05, 3.63) is 59.1 Å². The molecule has 0 radical (unpaired) electrons. The maximum Gasteiger partial charge on any atom is 0.289 e. The number of nitrogens with two attached hydrogens (primary N) is 1. The van der Waals surface area contributed by atoms with Gasteiger partial charge in [0.25, 0.3) is 5.91 Å². The Bertz CT molecular complexity index is 655. The molecular weight excluding hydrogens is 278 g/mol. The predicted molar refractivity (Wildman–Crippen MR) is 73.5 cm³/mol. The van der Waals surface area contributed by atoms with Crippen molar-refractivity contribution >= 4 is 5.91 Å². The molecule has 4 nitrogen and oxygen atoms in total. The van der Waals surface area contributed by atoms with Gasteiger partial charge < -0.3 is 15.1 Å². The van der Waals surface area contributed by atoms with E-state index in [1.165, 1.54) is 11.0 Å². The van der Waals surface area contributed by atoms with E-state index in [0.29, 0.717) is 11.3 Å². The summed E-state index contributed by atoms with van der Waals surface area (Å²) in [5, 5.41) is 0. The molecule has 1 amide bonds. The minimum Gasteiger partial charge on any atom is -0.455 e. The Kier molecular flexibility index (Phi) is 4.37. The molecule has 112 valence electrons. The zero-order chi connectivity index (χ0) is 15.6. The Morgan fingerprint density at radius 3 is 2.57 bits per heavy atom. The van der Waals surface area contributed by atoms with Crippen molar-refractivity contribution in [3.63, 3.8) is 0 Å². The second kappa shape index (κ2) is 6.05. The third-order valence-corrected chi connectivity index (χ3v) is 3.40. The molecule has 1 aromatic heterocycles. The first-order chi connectivity index (χ1) is 9.93. The lowest BCUT2D eigenvalue weighted by atomic mass is 10.1. The second-order valence-electron chi connectivity index (χ2n) is 4.74. The summed E-state index contributed by atoms with van der Waals surface area (Å²) < 4.78 is 31.5. The molecule has 0 aliphatic rings. The number of carbonyl (C=O) groups is 1. The molecule has 1 aromatic carbocycles. The number of halogens is 2. The number of rotatable bonds is 4. The molecule has 2 aromatic rings. The highest BCUT2D eigenvalue weighted by atomic mass is 19.2. The van der Waals surface area contributed by atoms with Crippen molar-refractivity contribution in [3.8, 4) is 0 Å². The monoisotopic (exact) mass is 294 g/mol. The Morgan fingerprint density at radius 1 is 1.29 bits per heavy atom. The van der Waals surface area contributed by atoms with E-state index >= 15 is 0 Å². The third kappa shape index (κ3) is 3.11. The zero-order valence-electron chi connectivity index (χ0n) is 11.8. The van der Waals surface area contributed by atoms with E-state index in [1.54, 1.807) is 26.1 Å². The van der Waals surface area contributed by atoms with Crippen LogP contribution in [0.2, 0.25) is 0 Å². The number of benzene rings is 1. The summed E-state index contributed by atoms with van der Waals surface area (Å²) in [5.74, 6) is -1.55. The van der Waals surface area contributed by atoms with E-state index in [-0.39, 0.29) is 18.2 Å². The van der Waals surface area contributed by atoms with Crippen LogP contribution in [0.3, 0.4) is 0 Å². The van der Waals surface area contributed by atoms with Crippen LogP contribution in [0, 0.1) is 11.6 Å². The smallest absolute Gasteiger partial charge is 0.289 e. The molecule has 0 saturated heterocycles. The number of hydrogen-bond donors (Lipinski definition) is 1. The van der Waals surface area contributed by atoms with Crippen LogP contribution in [-0.4, -0.2) is 17.9 Å². The van der Waals surface area contributed by atoms with E-state index in [2.05, 4.69) is 0 Å². The normalized spacial score (nSPS) is 12.2. The van der Waals surface area contributed by atoms with Crippen LogP contribution in [0.1, 0.15) is 34.8 Å². The topological polar surface area (TPSA) is 59.5 Å². The molecule has 1 unspecified atom stereocenters. The van der Waals surface area contributed by atoms with Crippen molar-refractivity contribution in [2.45, 2.75) is 19.5 Å². The summed E-state index contributed by atoms with van der Waals surface area (Å²) in [6.45, 7) is 1.92. The van der Waals surface area contributed by atoms with Gasteiger partial charge in [0.05, 0.1) is 12.6 Å². The summed E-state index contributed by atoms with van der Waals surface area (Å²) in [6, 6.07) is 6.30. The highest BCUT2D eigenvalue weighted by Gasteiger charge is 2.22. The van der Waals surface area contributed by atoms with Gasteiger partial charge in [-0.3, -0.25) is 4.79 Å². The van der Waals surface area contributed by atoms with Gasteiger partial charge in [0.2, 0.25) is 0 Å². The molecule has 21 heavy (non-hydrogen) atoms. The number of hydrogen-bond acceptors (Lipinski definition) is 3. The van der Waals surface area contributed by atoms with Gasteiger partial charge in [-0.25, -0.2) is 8.78 Å². The van der Waals surface area contributed by atoms with Crippen molar-refractivity contribution in [2.75, 3.05) is 7.05 Å². The SMILES string of the molecule is CC(c1ccc(F)c(F)c1)N(C)C(=O)c1ccc(CN)o1. The average Bonchev–Trinajstić information content (AvgIpc) is 2.96. The fourth-order valence-corrected chi connectivity index (χ4v) is 1.95. The molecule has 6 heteroatoms. The Labute approximate surface area is 121 Å². The lowest BCUT2D eigenvalue weighted by Gasteiger charge is -2.24. The Morgan fingerprint density at radius 2 is 2.00 bits per heavy atom. The van der Waals surface area contributed by atoms with Crippen LogP contribution >= 0.6 is 0 Å². The molecule has 0 fully saturated rings.